The number of fused-ring (bicyclic) bond motifs is 1. The van der Waals surface area contributed by atoms with E-state index in [0.29, 0.717) is 16.9 Å². The minimum atomic E-state index is -0.979. The maximum absolute atomic E-state index is 12.9. The molecule has 1 amide bonds. The molecule has 0 saturated carbocycles. The molecule has 0 fully saturated rings. The lowest BCUT2D eigenvalue weighted by Crippen LogP contribution is -2.30. The maximum Gasteiger partial charge on any atom is 0.348 e. The van der Waals surface area contributed by atoms with Crippen LogP contribution in [0.25, 0.3) is 11.0 Å². The number of carbonyl (C=O) groups excluding carboxylic acids is 3. The summed E-state index contributed by atoms with van der Waals surface area (Å²) in [5, 5.41) is 3.58. The van der Waals surface area contributed by atoms with Gasteiger partial charge in [-0.25, -0.2) is 14.4 Å². The molecule has 0 spiro atoms. The van der Waals surface area contributed by atoms with Gasteiger partial charge in [0.05, 0.1) is 18.3 Å². The fourth-order valence-corrected chi connectivity index (χ4v) is 4.44. The molecule has 186 valence electrons. The Morgan fingerprint density at radius 3 is 2.46 bits per heavy atom. The largest absolute Gasteiger partial charge is 0.481 e. The number of aryl methyl sites for hydroxylation is 1. The zero-order valence-electron chi connectivity index (χ0n) is 20.3. The summed E-state index contributed by atoms with van der Waals surface area (Å²) in [5.74, 6) is -1.48. The molecule has 35 heavy (non-hydrogen) atoms. The zero-order valence-corrected chi connectivity index (χ0v) is 21.2. The number of rotatable bonds is 8. The SMILES string of the molecule is CCOC(=O)c1c(NC(=O)C(C)Oc2ccc3c(C)cc(=O)oc3c2)sc(C(=O)OC(C)C)c1C. The Kier molecular flexibility index (Phi) is 7.96. The predicted molar refractivity (Wildman–Crippen MR) is 132 cm³/mol. The fraction of sp³-hybridized carbons (Fsp3) is 0.360. The smallest absolute Gasteiger partial charge is 0.348 e. The van der Waals surface area contributed by atoms with E-state index in [1.165, 1.54) is 19.1 Å². The molecular weight excluding hydrogens is 474 g/mol. The highest BCUT2D eigenvalue weighted by Crippen LogP contribution is 2.35. The summed E-state index contributed by atoms with van der Waals surface area (Å²) in [6.45, 7) is 10.1. The van der Waals surface area contributed by atoms with Gasteiger partial charge < -0.3 is 23.9 Å². The number of hydrogen-bond acceptors (Lipinski definition) is 9. The molecule has 1 N–H and O–H groups in total. The van der Waals surface area contributed by atoms with Gasteiger partial charge in [0.25, 0.3) is 5.91 Å². The van der Waals surface area contributed by atoms with Crippen molar-refractivity contribution in [3.05, 3.63) is 56.3 Å². The first-order chi connectivity index (χ1) is 16.5. The Labute approximate surface area is 206 Å². The van der Waals surface area contributed by atoms with Crippen LogP contribution in [0.2, 0.25) is 0 Å². The van der Waals surface area contributed by atoms with Crippen molar-refractivity contribution >= 4 is 45.2 Å². The summed E-state index contributed by atoms with van der Waals surface area (Å²) >= 11 is 0.935. The standard InChI is InChI=1S/C25H27NO8S/c1-7-31-24(29)20-14(5)21(25(30)32-12(2)3)35-23(20)26-22(28)15(6)33-16-8-9-17-13(4)10-19(27)34-18(17)11-16/h8-12,15H,7H2,1-6H3,(H,26,28). The van der Waals surface area contributed by atoms with Crippen molar-refractivity contribution in [2.45, 2.75) is 53.8 Å². The highest BCUT2D eigenvalue weighted by atomic mass is 32.1. The zero-order chi connectivity index (χ0) is 25.9. The molecule has 10 heteroatoms. The van der Waals surface area contributed by atoms with E-state index in [0.717, 1.165) is 22.3 Å². The lowest BCUT2D eigenvalue weighted by Gasteiger charge is -2.15. The van der Waals surface area contributed by atoms with Crippen molar-refractivity contribution < 1.29 is 33.0 Å². The molecule has 3 aromatic rings. The van der Waals surface area contributed by atoms with E-state index in [1.807, 2.05) is 0 Å². The topological polar surface area (TPSA) is 121 Å². The second kappa shape index (κ2) is 10.7. The van der Waals surface area contributed by atoms with Crippen LogP contribution < -0.4 is 15.7 Å². The Bertz CT molecular complexity index is 1340. The van der Waals surface area contributed by atoms with E-state index in [1.54, 1.807) is 46.8 Å². The van der Waals surface area contributed by atoms with Crippen molar-refractivity contribution in [3.63, 3.8) is 0 Å². The normalized spacial score (nSPS) is 11.9. The van der Waals surface area contributed by atoms with Gasteiger partial charge in [0.1, 0.15) is 21.2 Å². The molecule has 1 aromatic carbocycles. The highest BCUT2D eigenvalue weighted by molar-refractivity contribution is 7.18. The van der Waals surface area contributed by atoms with Crippen LogP contribution >= 0.6 is 11.3 Å². The second-order valence-corrected chi connectivity index (χ2v) is 9.11. The summed E-state index contributed by atoms with van der Waals surface area (Å²) in [6, 6.07) is 6.33. The third-order valence-corrected chi connectivity index (χ3v) is 6.18. The van der Waals surface area contributed by atoms with Crippen LogP contribution in [-0.2, 0) is 14.3 Å². The minimum absolute atomic E-state index is 0.0936. The van der Waals surface area contributed by atoms with E-state index in [4.69, 9.17) is 18.6 Å². The lowest BCUT2D eigenvalue weighted by atomic mass is 10.1. The van der Waals surface area contributed by atoms with Crippen LogP contribution in [-0.4, -0.2) is 36.7 Å². The predicted octanol–water partition coefficient (Wildman–Crippen LogP) is 4.62. The molecule has 0 aliphatic rings. The van der Waals surface area contributed by atoms with Crippen LogP contribution in [0.15, 0.2) is 33.5 Å². The molecule has 2 heterocycles. The van der Waals surface area contributed by atoms with Gasteiger partial charge in [-0.3, -0.25) is 4.79 Å². The number of ether oxygens (including phenoxy) is 3. The van der Waals surface area contributed by atoms with Gasteiger partial charge in [-0.2, -0.15) is 0 Å². The van der Waals surface area contributed by atoms with Crippen molar-refractivity contribution in [3.8, 4) is 5.75 Å². The van der Waals surface area contributed by atoms with Crippen LogP contribution in [0.4, 0.5) is 5.00 Å². The van der Waals surface area contributed by atoms with Crippen molar-refractivity contribution in [1.82, 2.24) is 0 Å². The quantitative estimate of drug-likeness (QED) is 0.351. The van der Waals surface area contributed by atoms with Gasteiger partial charge in [-0.15, -0.1) is 11.3 Å². The molecule has 1 unspecified atom stereocenters. The first-order valence-corrected chi connectivity index (χ1v) is 11.9. The Balaban J connectivity index is 1.85. The van der Waals surface area contributed by atoms with Crippen molar-refractivity contribution in [1.29, 1.82) is 0 Å². The molecule has 2 aromatic heterocycles. The first kappa shape index (κ1) is 26.0. The van der Waals surface area contributed by atoms with Gasteiger partial charge in [-0.1, -0.05) is 0 Å². The number of nitrogens with one attached hydrogen (secondary N) is 1. The average molecular weight is 502 g/mol. The molecular formula is C25H27NO8S. The minimum Gasteiger partial charge on any atom is -0.481 e. The fourth-order valence-electron chi connectivity index (χ4n) is 3.36. The molecule has 0 aliphatic carbocycles. The molecule has 3 rings (SSSR count). The second-order valence-electron chi connectivity index (χ2n) is 8.09. The van der Waals surface area contributed by atoms with Crippen molar-refractivity contribution in [2.24, 2.45) is 0 Å². The molecule has 0 saturated heterocycles. The average Bonchev–Trinajstić information content (AvgIpc) is 3.08. The summed E-state index contributed by atoms with van der Waals surface area (Å²) in [5.41, 5.74) is 1.08. The molecule has 0 aliphatic heterocycles. The molecule has 0 radical (unpaired) electrons. The first-order valence-electron chi connectivity index (χ1n) is 11.0. The van der Waals surface area contributed by atoms with E-state index in [2.05, 4.69) is 5.32 Å². The van der Waals surface area contributed by atoms with Crippen LogP contribution in [0.5, 0.6) is 5.75 Å². The Morgan fingerprint density at radius 1 is 1.09 bits per heavy atom. The number of hydrogen-bond donors (Lipinski definition) is 1. The number of esters is 2. The van der Waals surface area contributed by atoms with E-state index in [-0.39, 0.29) is 28.2 Å². The number of anilines is 1. The molecule has 1 atom stereocenters. The van der Waals surface area contributed by atoms with Gasteiger partial charge in [0.15, 0.2) is 6.10 Å². The Hall–Kier alpha value is -3.66. The summed E-state index contributed by atoms with van der Waals surface area (Å²) in [6.07, 6.45) is -1.33. The van der Waals surface area contributed by atoms with Gasteiger partial charge >= 0.3 is 17.6 Å². The Morgan fingerprint density at radius 2 is 1.80 bits per heavy atom. The molecule has 0 bridgehead atoms. The van der Waals surface area contributed by atoms with E-state index >= 15 is 0 Å². The lowest BCUT2D eigenvalue weighted by molar-refractivity contribution is -0.122. The van der Waals surface area contributed by atoms with Crippen LogP contribution in [0.3, 0.4) is 0 Å². The number of carbonyl (C=O) groups is 3. The van der Waals surface area contributed by atoms with Crippen molar-refractivity contribution in [2.75, 3.05) is 11.9 Å². The van der Waals surface area contributed by atoms with Gasteiger partial charge in [-0.05, 0) is 64.8 Å². The third kappa shape index (κ3) is 5.89. The van der Waals surface area contributed by atoms with Crippen LogP contribution in [0, 0.1) is 13.8 Å². The van der Waals surface area contributed by atoms with Crippen LogP contribution in [0.1, 0.15) is 58.9 Å². The van der Waals surface area contributed by atoms with Gasteiger partial charge in [0, 0.05) is 17.5 Å². The maximum atomic E-state index is 12.9. The summed E-state index contributed by atoms with van der Waals surface area (Å²) in [7, 11) is 0. The molecule has 9 nitrogen and oxygen atoms in total. The van der Waals surface area contributed by atoms with E-state index in [9.17, 15) is 19.2 Å². The summed E-state index contributed by atoms with van der Waals surface area (Å²) < 4.78 is 21.3. The van der Waals surface area contributed by atoms with E-state index < -0.39 is 29.6 Å². The number of amides is 1. The summed E-state index contributed by atoms with van der Waals surface area (Å²) in [4.78, 5) is 49.9. The highest BCUT2D eigenvalue weighted by Gasteiger charge is 2.29. The number of thiophene rings is 1. The third-order valence-electron chi connectivity index (χ3n) is 5.00. The monoisotopic (exact) mass is 501 g/mol. The number of benzene rings is 1. The van der Waals surface area contributed by atoms with Gasteiger partial charge in [0.2, 0.25) is 0 Å².